The number of aryl methyl sites for hydroxylation is 1. The number of hydrogen-bond donors (Lipinski definition) is 2. The Hall–Kier alpha value is -3.11. The van der Waals surface area contributed by atoms with E-state index >= 15 is 0 Å². The molecule has 0 spiro atoms. The van der Waals surface area contributed by atoms with E-state index in [2.05, 4.69) is 4.72 Å². The fourth-order valence-corrected chi connectivity index (χ4v) is 5.27. The Kier molecular flexibility index (Phi) is 6.31. The number of anilines is 1. The number of aliphatic carboxylic acids is 1. The van der Waals surface area contributed by atoms with Gasteiger partial charge < -0.3 is 19.5 Å². The first-order chi connectivity index (χ1) is 15.6. The van der Waals surface area contributed by atoms with Gasteiger partial charge in [0.1, 0.15) is 18.5 Å². The number of amides is 1. The molecule has 10 heteroatoms. The van der Waals surface area contributed by atoms with E-state index < -0.39 is 28.2 Å². The Morgan fingerprint density at radius 3 is 2.61 bits per heavy atom. The number of nitrogens with one attached hydrogen (secondary N) is 1. The van der Waals surface area contributed by atoms with Crippen LogP contribution in [0, 0.1) is 6.92 Å². The first kappa shape index (κ1) is 23.1. The molecule has 0 radical (unpaired) electrons. The summed E-state index contributed by atoms with van der Waals surface area (Å²) in [5, 5.41) is 9.05. The molecule has 0 unspecified atom stereocenters. The standard InChI is InChI=1S/C23H26N2O7S/c1-14-3-7-17(8-4-14)33(29,30)24-15-5-10-20-18(11-15)23(28)25(2)19-9-6-16(12-22(26)27)32-21(19)13-31-20/h3-5,7-8,10-11,16,19,21,24H,6,9,12-13H2,1-2H3,(H,26,27)/t16-,19-,21+/m1/s1. The molecule has 2 aliphatic heterocycles. The maximum Gasteiger partial charge on any atom is 0.305 e. The molecule has 0 aromatic heterocycles. The molecule has 9 nitrogen and oxygen atoms in total. The maximum atomic E-state index is 13.2. The van der Waals surface area contributed by atoms with Crippen molar-refractivity contribution in [2.45, 2.75) is 49.3 Å². The number of carboxylic acid groups (broad SMARTS) is 1. The second-order valence-corrected chi connectivity index (χ2v) is 10.1. The van der Waals surface area contributed by atoms with Gasteiger partial charge in [0.25, 0.3) is 15.9 Å². The lowest BCUT2D eigenvalue weighted by Gasteiger charge is -2.42. The van der Waals surface area contributed by atoms with Crippen LogP contribution in [0.4, 0.5) is 5.69 Å². The van der Waals surface area contributed by atoms with Gasteiger partial charge in [0.05, 0.1) is 29.0 Å². The van der Waals surface area contributed by atoms with Crippen LogP contribution in [0.1, 0.15) is 35.2 Å². The van der Waals surface area contributed by atoms with Crippen LogP contribution in [-0.4, -0.2) is 62.2 Å². The molecular formula is C23H26N2O7S. The van der Waals surface area contributed by atoms with Gasteiger partial charge in [0.15, 0.2) is 0 Å². The van der Waals surface area contributed by atoms with Crippen molar-refractivity contribution in [2.24, 2.45) is 0 Å². The third kappa shape index (κ3) is 4.96. The van der Waals surface area contributed by atoms with Crippen LogP contribution in [0.3, 0.4) is 0 Å². The molecule has 33 heavy (non-hydrogen) atoms. The van der Waals surface area contributed by atoms with Gasteiger partial charge in [-0.3, -0.25) is 14.3 Å². The van der Waals surface area contributed by atoms with E-state index in [1.807, 2.05) is 6.92 Å². The molecule has 2 aromatic rings. The zero-order chi connectivity index (χ0) is 23.8. The van der Waals surface area contributed by atoms with Gasteiger partial charge in [-0.1, -0.05) is 17.7 Å². The monoisotopic (exact) mass is 474 g/mol. The average Bonchev–Trinajstić information content (AvgIpc) is 2.76. The number of nitrogens with zero attached hydrogens (tertiary/aromatic N) is 1. The van der Waals surface area contributed by atoms with E-state index in [4.69, 9.17) is 14.6 Å². The van der Waals surface area contributed by atoms with Crippen molar-refractivity contribution in [3.05, 3.63) is 53.6 Å². The Bertz CT molecular complexity index is 1160. The third-order valence-electron chi connectivity index (χ3n) is 6.00. The molecule has 3 atom stereocenters. The molecule has 0 bridgehead atoms. The number of hydrogen-bond acceptors (Lipinski definition) is 6. The second kappa shape index (κ2) is 9.03. The fourth-order valence-electron chi connectivity index (χ4n) is 4.22. The summed E-state index contributed by atoms with van der Waals surface area (Å²) in [5.74, 6) is -0.940. The Morgan fingerprint density at radius 1 is 1.18 bits per heavy atom. The molecular weight excluding hydrogens is 448 g/mol. The van der Waals surface area contributed by atoms with Crippen LogP contribution in [0.5, 0.6) is 5.75 Å². The van der Waals surface area contributed by atoms with Crippen molar-refractivity contribution in [2.75, 3.05) is 18.4 Å². The van der Waals surface area contributed by atoms with Crippen molar-refractivity contribution >= 4 is 27.6 Å². The van der Waals surface area contributed by atoms with Gasteiger partial charge in [-0.25, -0.2) is 8.42 Å². The van der Waals surface area contributed by atoms with E-state index in [-0.39, 0.29) is 41.1 Å². The summed E-state index contributed by atoms with van der Waals surface area (Å²) in [6, 6.07) is 10.7. The van der Waals surface area contributed by atoms with Crippen LogP contribution in [0.25, 0.3) is 0 Å². The minimum Gasteiger partial charge on any atom is -0.490 e. The van der Waals surface area contributed by atoms with E-state index in [0.717, 1.165) is 5.56 Å². The first-order valence-corrected chi connectivity index (χ1v) is 12.1. The van der Waals surface area contributed by atoms with Gasteiger partial charge in [-0.2, -0.15) is 0 Å². The highest BCUT2D eigenvalue weighted by molar-refractivity contribution is 7.92. The van der Waals surface area contributed by atoms with Gasteiger partial charge in [-0.15, -0.1) is 0 Å². The third-order valence-corrected chi connectivity index (χ3v) is 7.39. The molecule has 2 heterocycles. The normalized spacial score (nSPS) is 22.9. The van der Waals surface area contributed by atoms with E-state index in [9.17, 15) is 18.0 Å². The summed E-state index contributed by atoms with van der Waals surface area (Å²) >= 11 is 0. The largest absolute Gasteiger partial charge is 0.490 e. The maximum absolute atomic E-state index is 13.2. The van der Waals surface area contributed by atoms with Gasteiger partial charge in [0.2, 0.25) is 0 Å². The average molecular weight is 475 g/mol. The van der Waals surface area contributed by atoms with Crippen LogP contribution in [0.15, 0.2) is 47.4 Å². The number of benzene rings is 2. The van der Waals surface area contributed by atoms with Gasteiger partial charge >= 0.3 is 5.97 Å². The number of likely N-dealkylation sites (N-methyl/N-ethyl adjacent to an activating group) is 1. The molecule has 0 aliphatic carbocycles. The SMILES string of the molecule is Cc1ccc(S(=O)(=O)Nc2ccc3c(c2)C(=O)N(C)[C@@H]2CC[C@H](CC(=O)O)O[C@H]2CO3)cc1. The number of carboxylic acids is 1. The van der Waals surface area contributed by atoms with Crippen molar-refractivity contribution in [3.63, 3.8) is 0 Å². The Labute approximate surface area is 192 Å². The topological polar surface area (TPSA) is 122 Å². The Morgan fingerprint density at radius 2 is 1.91 bits per heavy atom. The highest BCUT2D eigenvalue weighted by Crippen LogP contribution is 2.33. The van der Waals surface area contributed by atoms with Crippen LogP contribution in [0.2, 0.25) is 0 Å². The predicted octanol–water partition coefficient (Wildman–Crippen LogP) is 2.65. The summed E-state index contributed by atoms with van der Waals surface area (Å²) in [5.41, 5.74) is 1.44. The van der Waals surface area contributed by atoms with Crippen molar-refractivity contribution < 1.29 is 32.6 Å². The lowest BCUT2D eigenvalue weighted by atomic mass is 9.95. The van der Waals surface area contributed by atoms with Gasteiger partial charge in [-0.05, 0) is 50.1 Å². The van der Waals surface area contributed by atoms with Gasteiger partial charge in [0, 0.05) is 12.7 Å². The van der Waals surface area contributed by atoms with E-state index in [0.29, 0.717) is 18.6 Å². The molecule has 1 fully saturated rings. The number of carbonyl (C=O) groups is 2. The molecule has 2 aromatic carbocycles. The van der Waals surface area contributed by atoms with E-state index in [1.165, 1.54) is 24.3 Å². The summed E-state index contributed by atoms with van der Waals surface area (Å²) in [6.45, 7) is 2.02. The first-order valence-electron chi connectivity index (χ1n) is 10.6. The summed E-state index contributed by atoms with van der Waals surface area (Å²) in [4.78, 5) is 26.0. The van der Waals surface area contributed by atoms with Crippen molar-refractivity contribution in [1.29, 1.82) is 0 Å². The fraction of sp³-hybridized carbons (Fsp3) is 0.391. The zero-order valence-electron chi connectivity index (χ0n) is 18.4. The summed E-state index contributed by atoms with van der Waals surface area (Å²) in [7, 11) is -2.16. The Balaban J connectivity index is 1.57. The number of ether oxygens (including phenoxy) is 2. The zero-order valence-corrected chi connectivity index (χ0v) is 19.2. The molecule has 0 saturated carbocycles. The van der Waals surface area contributed by atoms with Crippen LogP contribution >= 0.6 is 0 Å². The number of fused-ring (bicyclic) bond motifs is 2. The van der Waals surface area contributed by atoms with Crippen LogP contribution < -0.4 is 9.46 Å². The minimum atomic E-state index is -3.82. The predicted molar refractivity (Wildman–Crippen MR) is 120 cm³/mol. The van der Waals surface area contributed by atoms with Crippen molar-refractivity contribution in [3.8, 4) is 5.75 Å². The molecule has 1 saturated heterocycles. The van der Waals surface area contributed by atoms with Crippen molar-refractivity contribution in [1.82, 2.24) is 4.90 Å². The second-order valence-electron chi connectivity index (χ2n) is 8.40. The lowest BCUT2D eigenvalue weighted by Crippen LogP contribution is -2.53. The molecule has 176 valence electrons. The molecule has 2 N–H and O–H groups in total. The number of carbonyl (C=O) groups excluding carboxylic acids is 1. The molecule has 1 amide bonds. The summed E-state index contributed by atoms with van der Waals surface area (Å²) < 4.78 is 39.8. The quantitative estimate of drug-likeness (QED) is 0.683. The molecule has 2 aliphatic rings. The molecule has 4 rings (SSSR count). The smallest absolute Gasteiger partial charge is 0.305 e. The van der Waals surface area contributed by atoms with Crippen LogP contribution in [-0.2, 0) is 19.6 Å². The lowest BCUT2D eigenvalue weighted by molar-refractivity contribution is -0.148. The number of sulfonamides is 1. The minimum absolute atomic E-state index is 0.0953. The highest BCUT2D eigenvalue weighted by Gasteiger charge is 2.39. The number of rotatable bonds is 5. The summed E-state index contributed by atoms with van der Waals surface area (Å²) in [6.07, 6.45) is 0.137. The highest BCUT2D eigenvalue weighted by atomic mass is 32.2. The van der Waals surface area contributed by atoms with E-state index in [1.54, 1.807) is 30.1 Å².